The molecular formula is C45H25N5. The zero-order chi connectivity index (χ0) is 33.8. The molecule has 0 unspecified atom stereocenters. The maximum absolute atomic E-state index is 9.68. The summed E-state index contributed by atoms with van der Waals surface area (Å²) >= 11 is 0. The van der Waals surface area contributed by atoms with Crippen LogP contribution in [0.1, 0.15) is 5.56 Å². The van der Waals surface area contributed by atoms with E-state index < -0.39 is 0 Å². The Hall–Kier alpha value is -7.39. The SMILES string of the molecule is [C-]#[N+]c1ccc(-c2ccccc2-c2ccc(-n3c4ccccc4c4cccc([N+]#[C-])c43)cc2)c(-n2c3ccccc3c3cc(C#N)ccc32)c1. The van der Waals surface area contributed by atoms with Crippen molar-refractivity contribution in [2.45, 2.75) is 0 Å². The standard InChI is InChI=1S/C45H25N5/c1-47-31-21-24-37(44(27-31)50-42-17-8-6-13-36(42)39-26-29(28-46)18-25-43(39)50)34-11-4-3-10-33(34)30-19-22-32(23-20-30)49-41-16-7-5-12-35(41)38-14-9-15-40(48-2)45(38)49/h3-27H. The third kappa shape index (κ3) is 4.31. The molecule has 0 aliphatic heterocycles. The van der Waals surface area contributed by atoms with Crippen LogP contribution >= 0.6 is 0 Å². The Balaban J connectivity index is 1.24. The van der Waals surface area contributed by atoms with Crippen LogP contribution in [0.15, 0.2) is 152 Å². The summed E-state index contributed by atoms with van der Waals surface area (Å²) in [6, 6.07) is 53.3. The second-order valence-electron chi connectivity index (χ2n) is 12.2. The molecule has 0 saturated heterocycles. The van der Waals surface area contributed by atoms with Crippen molar-refractivity contribution in [3.8, 4) is 39.7 Å². The summed E-state index contributed by atoms with van der Waals surface area (Å²) in [5.74, 6) is 0. The van der Waals surface area contributed by atoms with Gasteiger partial charge in [0.15, 0.2) is 5.69 Å². The summed E-state index contributed by atoms with van der Waals surface area (Å²) in [4.78, 5) is 7.68. The van der Waals surface area contributed by atoms with E-state index in [0.717, 1.165) is 77.2 Å². The minimum atomic E-state index is 0.551. The summed E-state index contributed by atoms with van der Waals surface area (Å²) in [7, 11) is 0. The minimum absolute atomic E-state index is 0.551. The monoisotopic (exact) mass is 635 g/mol. The number of nitriles is 1. The number of hydrogen-bond donors (Lipinski definition) is 0. The number of aromatic nitrogens is 2. The van der Waals surface area contributed by atoms with Crippen molar-refractivity contribution in [2.24, 2.45) is 0 Å². The molecule has 0 spiro atoms. The first-order chi connectivity index (χ1) is 24.7. The molecule has 0 atom stereocenters. The Morgan fingerprint density at radius 3 is 1.90 bits per heavy atom. The van der Waals surface area contributed by atoms with E-state index in [-0.39, 0.29) is 0 Å². The largest absolute Gasteiger partial charge is 0.319 e. The van der Waals surface area contributed by atoms with Gasteiger partial charge in [0.2, 0.25) is 5.69 Å². The van der Waals surface area contributed by atoms with E-state index in [1.165, 1.54) is 0 Å². The highest BCUT2D eigenvalue weighted by molar-refractivity contribution is 6.13. The van der Waals surface area contributed by atoms with E-state index >= 15 is 0 Å². The number of para-hydroxylation sites is 3. The Morgan fingerprint density at radius 2 is 1.16 bits per heavy atom. The summed E-state index contributed by atoms with van der Waals surface area (Å²) in [5, 5.41) is 13.9. The van der Waals surface area contributed by atoms with E-state index in [9.17, 15) is 5.26 Å². The lowest BCUT2D eigenvalue weighted by Crippen LogP contribution is -1.98. The maximum atomic E-state index is 9.68. The molecule has 9 rings (SSSR count). The molecule has 230 valence electrons. The predicted octanol–water partition coefficient (Wildman–Crippen LogP) is 12.2. The van der Waals surface area contributed by atoms with Gasteiger partial charge < -0.3 is 9.13 Å². The van der Waals surface area contributed by atoms with Gasteiger partial charge in [0.25, 0.3) is 0 Å². The van der Waals surface area contributed by atoms with Crippen LogP contribution in [-0.2, 0) is 0 Å². The van der Waals surface area contributed by atoms with Crippen LogP contribution in [0.25, 0.3) is 86.9 Å². The number of fused-ring (bicyclic) bond motifs is 6. The first-order valence-electron chi connectivity index (χ1n) is 16.2. The van der Waals surface area contributed by atoms with Crippen molar-refractivity contribution in [1.82, 2.24) is 9.13 Å². The third-order valence-electron chi connectivity index (χ3n) is 9.60. The molecule has 5 heteroatoms. The van der Waals surface area contributed by atoms with Crippen LogP contribution in [0.3, 0.4) is 0 Å². The van der Waals surface area contributed by atoms with Crippen molar-refractivity contribution in [3.63, 3.8) is 0 Å². The van der Waals surface area contributed by atoms with Crippen LogP contribution in [0.2, 0.25) is 0 Å². The fourth-order valence-corrected chi connectivity index (χ4v) is 7.42. The van der Waals surface area contributed by atoms with Crippen LogP contribution < -0.4 is 0 Å². The van der Waals surface area contributed by atoms with Crippen molar-refractivity contribution >= 4 is 55.0 Å². The van der Waals surface area contributed by atoms with Gasteiger partial charge in [0, 0.05) is 33.1 Å². The lowest BCUT2D eigenvalue weighted by molar-refractivity contribution is 1.18. The third-order valence-corrected chi connectivity index (χ3v) is 9.60. The highest BCUT2D eigenvalue weighted by Crippen LogP contribution is 2.42. The molecule has 0 aliphatic carbocycles. The number of benzene rings is 7. The van der Waals surface area contributed by atoms with Crippen LogP contribution in [0.4, 0.5) is 11.4 Å². The molecule has 0 aliphatic rings. The Morgan fingerprint density at radius 1 is 0.500 bits per heavy atom. The minimum Gasteiger partial charge on any atom is -0.319 e. The molecule has 0 bridgehead atoms. The van der Waals surface area contributed by atoms with Crippen molar-refractivity contribution in [3.05, 3.63) is 180 Å². The molecule has 0 saturated carbocycles. The van der Waals surface area contributed by atoms with Crippen molar-refractivity contribution in [1.29, 1.82) is 5.26 Å². The molecule has 0 fully saturated rings. The average Bonchev–Trinajstić information content (AvgIpc) is 3.70. The Kier molecular flexibility index (Phi) is 6.56. The molecule has 9 aromatic rings. The van der Waals surface area contributed by atoms with E-state index in [1.54, 1.807) is 0 Å². The highest BCUT2D eigenvalue weighted by atomic mass is 15.0. The van der Waals surface area contributed by atoms with Gasteiger partial charge in [-0.25, -0.2) is 9.69 Å². The van der Waals surface area contributed by atoms with E-state index in [4.69, 9.17) is 13.1 Å². The maximum Gasteiger partial charge on any atom is 0.211 e. The van der Waals surface area contributed by atoms with Crippen LogP contribution in [0.5, 0.6) is 0 Å². The van der Waals surface area contributed by atoms with Crippen LogP contribution in [0, 0.1) is 24.5 Å². The molecule has 2 heterocycles. The smallest absolute Gasteiger partial charge is 0.211 e. The first-order valence-corrected chi connectivity index (χ1v) is 16.2. The lowest BCUT2D eigenvalue weighted by atomic mass is 9.93. The van der Waals surface area contributed by atoms with Crippen LogP contribution in [-0.4, -0.2) is 9.13 Å². The van der Waals surface area contributed by atoms with Gasteiger partial charge in [-0.05, 0) is 70.6 Å². The van der Waals surface area contributed by atoms with Gasteiger partial charge in [-0.15, -0.1) is 0 Å². The average molecular weight is 636 g/mol. The molecule has 2 aromatic heterocycles. The lowest BCUT2D eigenvalue weighted by Gasteiger charge is -2.18. The molecule has 7 aromatic carbocycles. The van der Waals surface area contributed by atoms with Gasteiger partial charge in [0.1, 0.15) is 0 Å². The summed E-state index contributed by atoms with van der Waals surface area (Å²) in [5.41, 5.74) is 11.8. The fourth-order valence-electron chi connectivity index (χ4n) is 7.42. The molecule has 5 nitrogen and oxygen atoms in total. The topological polar surface area (TPSA) is 42.4 Å². The first kappa shape index (κ1) is 28.8. The van der Waals surface area contributed by atoms with Gasteiger partial charge in [0.05, 0.1) is 46.8 Å². The van der Waals surface area contributed by atoms with Gasteiger partial charge in [-0.1, -0.05) is 103 Å². The number of hydrogen-bond acceptors (Lipinski definition) is 1. The summed E-state index contributed by atoms with van der Waals surface area (Å²) in [6.45, 7) is 15.8. The molecule has 0 amide bonds. The second-order valence-corrected chi connectivity index (χ2v) is 12.2. The normalized spacial score (nSPS) is 11.1. The summed E-state index contributed by atoms with van der Waals surface area (Å²) in [6.07, 6.45) is 0. The van der Waals surface area contributed by atoms with Gasteiger partial charge >= 0.3 is 0 Å². The predicted molar refractivity (Wildman–Crippen MR) is 203 cm³/mol. The van der Waals surface area contributed by atoms with Crippen molar-refractivity contribution < 1.29 is 0 Å². The van der Waals surface area contributed by atoms with Gasteiger partial charge in [-0.2, -0.15) is 5.26 Å². The fraction of sp³-hybridized carbons (Fsp3) is 0. The van der Waals surface area contributed by atoms with E-state index in [1.807, 2.05) is 72.8 Å². The molecule has 0 N–H and O–H groups in total. The Bertz CT molecular complexity index is 2960. The Labute approximate surface area is 288 Å². The molecule has 50 heavy (non-hydrogen) atoms. The molecular weight excluding hydrogens is 611 g/mol. The molecule has 0 radical (unpaired) electrons. The summed E-state index contributed by atoms with van der Waals surface area (Å²) < 4.78 is 4.40. The van der Waals surface area contributed by atoms with E-state index in [2.05, 4.69) is 104 Å². The van der Waals surface area contributed by atoms with E-state index in [0.29, 0.717) is 16.9 Å². The number of rotatable bonds is 4. The highest BCUT2D eigenvalue weighted by Gasteiger charge is 2.19. The van der Waals surface area contributed by atoms with Crippen molar-refractivity contribution in [2.75, 3.05) is 0 Å². The van der Waals surface area contributed by atoms with Gasteiger partial charge in [-0.3, -0.25) is 0 Å². The zero-order valence-corrected chi connectivity index (χ0v) is 26.7. The quantitative estimate of drug-likeness (QED) is 0.177. The second kappa shape index (κ2) is 11.4. The zero-order valence-electron chi connectivity index (χ0n) is 26.7. The number of nitrogens with zero attached hydrogens (tertiary/aromatic N) is 5.